The van der Waals surface area contributed by atoms with Crippen LogP contribution in [0.2, 0.25) is 5.02 Å². The average Bonchev–Trinajstić information content (AvgIpc) is 2.25. The van der Waals surface area contributed by atoms with Gasteiger partial charge in [-0.15, -0.1) is 0 Å². The number of benzene rings is 1. The first-order valence-corrected chi connectivity index (χ1v) is 5.51. The van der Waals surface area contributed by atoms with E-state index < -0.39 is 6.10 Å². The molecule has 0 bridgehead atoms. The van der Waals surface area contributed by atoms with Gasteiger partial charge >= 0.3 is 0 Å². The van der Waals surface area contributed by atoms with Gasteiger partial charge in [-0.2, -0.15) is 0 Å². The molecular formula is C12H17ClNO. The predicted octanol–water partition coefficient (Wildman–Crippen LogP) is 2.58. The molecule has 0 heterocycles. The maximum absolute atomic E-state index is 9.84. The topological polar surface area (TPSA) is 32.3 Å². The Morgan fingerprint density at radius 2 is 2.27 bits per heavy atom. The van der Waals surface area contributed by atoms with Gasteiger partial charge in [-0.05, 0) is 31.0 Å². The van der Waals surface area contributed by atoms with E-state index in [9.17, 15) is 5.11 Å². The minimum atomic E-state index is -0.528. The highest BCUT2D eigenvalue weighted by Crippen LogP contribution is 2.17. The van der Waals surface area contributed by atoms with E-state index in [4.69, 9.17) is 11.6 Å². The van der Waals surface area contributed by atoms with E-state index in [0.29, 0.717) is 11.6 Å². The van der Waals surface area contributed by atoms with Crippen LogP contribution in [0.5, 0.6) is 0 Å². The Labute approximate surface area is 96.3 Å². The summed E-state index contributed by atoms with van der Waals surface area (Å²) in [6, 6.07) is 7.45. The van der Waals surface area contributed by atoms with E-state index in [-0.39, 0.29) is 6.04 Å². The Morgan fingerprint density at radius 3 is 2.87 bits per heavy atom. The maximum Gasteiger partial charge on any atom is 0.0914 e. The van der Waals surface area contributed by atoms with Gasteiger partial charge in [0, 0.05) is 17.6 Å². The minimum Gasteiger partial charge on any atom is -0.387 e. The monoisotopic (exact) mass is 226 g/mol. The van der Waals surface area contributed by atoms with E-state index in [1.807, 2.05) is 12.1 Å². The fraction of sp³-hybridized carbons (Fsp3) is 0.417. The van der Waals surface area contributed by atoms with Crippen molar-refractivity contribution in [2.24, 2.45) is 0 Å². The number of nitrogens with one attached hydrogen (secondary N) is 1. The molecule has 0 fully saturated rings. The molecule has 2 N–H and O–H groups in total. The second-order valence-corrected chi connectivity index (χ2v) is 4.02. The Morgan fingerprint density at radius 1 is 1.53 bits per heavy atom. The molecule has 1 radical (unpaired) electrons. The fourth-order valence-corrected chi connectivity index (χ4v) is 1.45. The molecule has 15 heavy (non-hydrogen) atoms. The quantitative estimate of drug-likeness (QED) is 0.809. The summed E-state index contributed by atoms with van der Waals surface area (Å²) in [7, 11) is 0. The number of hydrogen-bond acceptors (Lipinski definition) is 2. The zero-order chi connectivity index (χ0) is 11.3. The molecule has 0 spiro atoms. The van der Waals surface area contributed by atoms with Crippen LogP contribution in [0.1, 0.15) is 25.0 Å². The zero-order valence-corrected chi connectivity index (χ0v) is 9.67. The van der Waals surface area contributed by atoms with Gasteiger partial charge in [0.25, 0.3) is 0 Å². The van der Waals surface area contributed by atoms with Gasteiger partial charge < -0.3 is 10.4 Å². The molecular weight excluding hydrogens is 210 g/mol. The fourth-order valence-electron chi connectivity index (χ4n) is 1.25. The molecule has 0 saturated heterocycles. The average molecular weight is 227 g/mol. The van der Waals surface area contributed by atoms with Crippen LogP contribution in [0.3, 0.4) is 0 Å². The first kappa shape index (κ1) is 12.5. The van der Waals surface area contributed by atoms with Gasteiger partial charge in [0.15, 0.2) is 0 Å². The number of hydrogen-bond donors (Lipinski definition) is 2. The molecule has 1 rings (SSSR count). The molecule has 0 aromatic heterocycles. The van der Waals surface area contributed by atoms with Gasteiger partial charge in [0.05, 0.1) is 6.10 Å². The highest BCUT2D eigenvalue weighted by molar-refractivity contribution is 6.30. The van der Waals surface area contributed by atoms with Gasteiger partial charge in [0.2, 0.25) is 0 Å². The molecule has 1 aromatic carbocycles. The smallest absolute Gasteiger partial charge is 0.0914 e. The molecule has 0 aliphatic heterocycles. The third kappa shape index (κ3) is 4.20. The molecule has 2 unspecified atom stereocenters. The third-order valence-corrected chi connectivity index (χ3v) is 2.56. The first-order chi connectivity index (χ1) is 7.13. The number of aliphatic hydroxyl groups excluding tert-OH is 1. The van der Waals surface area contributed by atoms with Crippen LogP contribution in [0.25, 0.3) is 0 Å². The first-order valence-electron chi connectivity index (χ1n) is 5.13. The summed E-state index contributed by atoms with van der Waals surface area (Å²) in [5.41, 5.74) is 0.832. The Kier molecular flexibility index (Phi) is 5.09. The van der Waals surface area contributed by atoms with Crippen molar-refractivity contribution < 1.29 is 5.11 Å². The van der Waals surface area contributed by atoms with Crippen molar-refractivity contribution >= 4 is 11.6 Å². The molecule has 0 amide bonds. The van der Waals surface area contributed by atoms with E-state index in [1.54, 1.807) is 12.1 Å². The minimum absolute atomic E-state index is 0.179. The Hall–Kier alpha value is -0.570. The van der Waals surface area contributed by atoms with E-state index in [2.05, 4.69) is 19.2 Å². The van der Waals surface area contributed by atoms with E-state index in [0.717, 1.165) is 12.0 Å². The van der Waals surface area contributed by atoms with Crippen LogP contribution in [0, 0.1) is 6.92 Å². The highest BCUT2D eigenvalue weighted by Gasteiger charge is 2.08. The second-order valence-electron chi connectivity index (χ2n) is 3.58. The van der Waals surface area contributed by atoms with Gasteiger partial charge in [-0.1, -0.05) is 30.7 Å². The van der Waals surface area contributed by atoms with Crippen LogP contribution < -0.4 is 5.32 Å². The van der Waals surface area contributed by atoms with Crippen molar-refractivity contribution in [3.63, 3.8) is 0 Å². The SMILES string of the molecule is [CH2]C(CC)NCC(O)c1cccc(Cl)c1. The van der Waals surface area contributed by atoms with Crippen LogP contribution in [-0.4, -0.2) is 17.7 Å². The van der Waals surface area contributed by atoms with Crippen LogP contribution in [0.15, 0.2) is 24.3 Å². The van der Waals surface area contributed by atoms with Crippen molar-refractivity contribution in [1.29, 1.82) is 0 Å². The van der Waals surface area contributed by atoms with E-state index in [1.165, 1.54) is 0 Å². The third-order valence-electron chi connectivity index (χ3n) is 2.33. The van der Waals surface area contributed by atoms with Gasteiger partial charge in [0.1, 0.15) is 0 Å². The van der Waals surface area contributed by atoms with Gasteiger partial charge in [-0.3, -0.25) is 0 Å². The molecule has 0 aliphatic carbocycles. The lowest BCUT2D eigenvalue weighted by Crippen LogP contribution is -2.29. The Bertz CT molecular complexity index is 303. The molecule has 83 valence electrons. The van der Waals surface area contributed by atoms with Crippen molar-refractivity contribution in [2.75, 3.05) is 6.54 Å². The lowest BCUT2D eigenvalue weighted by atomic mass is 10.1. The van der Waals surface area contributed by atoms with Crippen LogP contribution >= 0.6 is 11.6 Å². The van der Waals surface area contributed by atoms with E-state index >= 15 is 0 Å². The summed E-state index contributed by atoms with van der Waals surface area (Å²) in [6.45, 7) is 6.45. The van der Waals surface area contributed by atoms with Crippen molar-refractivity contribution in [2.45, 2.75) is 25.5 Å². The number of rotatable bonds is 5. The summed E-state index contributed by atoms with van der Waals surface area (Å²) in [6.07, 6.45) is 0.418. The van der Waals surface area contributed by atoms with Crippen LogP contribution in [-0.2, 0) is 0 Å². The molecule has 0 aliphatic rings. The molecule has 2 atom stereocenters. The summed E-state index contributed by atoms with van der Waals surface area (Å²) >= 11 is 5.84. The lowest BCUT2D eigenvalue weighted by Gasteiger charge is -2.16. The summed E-state index contributed by atoms with van der Waals surface area (Å²) in [5, 5.41) is 13.6. The summed E-state index contributed by atoms with van der Waals surface area (Å²) < 4.78 is 0. The number of aliphatic hydroxyl groups is 1. The molecule has 2 nitrogen and oxygen atoms in total. The standard InChI is InChI=1S/C12H17ClNO/c1-3-9(2)14-8-12(15)10-5-4-6-11(13)7-10/h4-7,9,12,14-15H,2-3,8H2,1H3. The maximum atomic E-state index is 9.84. The Balaban J connectivity index is 2.50. The summed E-state index contributed by atoms with van der Waals surface area (Å²) in [5.74, 6) is 0. The lowest BCUT2D eigenvalue weighted by molar-refractivity contribution is 0.172. The number of halogens is 1. The van der Waals surface area contributed by atoms with Crippen molar-refractivity contribution in [3.8, 4) is 0 Å². The largest absolute Gasteiger partial charge is 0.387 e. The molecule has 1 aromatic rings. The normalized spacial score (nSPS) is 14.9. The van der Waals surface area contributed by atoms with Crippen molar-refractivity contribution in [3.05, 3.63) is 41.8 Å². The molecule has 3 heteroatoms. The van der Waals surface area contributed by atoms with Crippen LogP contribution in [0.4, 0.5) is 0 Å². The molecule has 0 saturated carbocycles. The highest BCUT2D eigenvalue weighted by atomic mass is 35.5. The van der Waals surface area contributed by atoms with Gasteiger partial charge in [-0.25, -0.2) is 0 Å². The second kappa shape index (κ2) is 6.11. The zero-order valence-electron chi connectivity index (χ0n) is 8.91. The van der Waals surface area contributed by atoms with Crippen molar-refractivity contribution in [1.82, 2.24) is 5.32 Å². The predicted molar refractivity (Wildman–Crippen MR) is 63.9 cm³/mol. The summed E-state index contributed by atoms with van der Waals surface area (Å²) in [4.78, 5) is 0.